The molecule has 0 bridgehead atoms. The summed E-state index contributed by atoms with van der Waals surface area (Å²) in [5.41, 5.74) is -5.17. The fraction of sp³-hybridized carbons (Fsp3) is 0.154. The number of nitrogens with zero attached hydrogens (tertiary/aromatic N) is 1. The second-order valence-electron chi connectivity index (χ2n) is 4.04. The smallest absolute Gasteiger partial charge is 0.258 e. The predicted molar refractivity (Wildman–Crippen MR) is 68.6 cm³/mol. The second kappa shape index (κ2) is 5.82. The molecule has 21 heavy (non-hydrogen) atoms. The molecule has 1 aromatic carbocycles. The summed E-state index contributed by atoms with van der Waals surface area (Å²) in [6, 6.07) is 12.2. The molecule has 0 saturated carbocycles. The van der Waals surface area contributed by atoms with Crippen molar-refractivity contribution in [3.8, 4) is 0 Å². The van der Waals surface area contributed by atoms with Crippen molar-refractivity contribution >= 4 is 10.1 Å². The van der Waals surface area contributed by atoms with Gasteiger partial charge in [0.25, 0.3) is 0 Å². The molecule has 1 aromatic heterocycles. The quantitative estimate of drug-likeness (QED) is 0.642. The van der Waals surface area contributed by atoms with Crippen LogP contribution in [-0.4, -0.2) is 18.9 Å². The molecule has 2 rings (SSSR count). The van der Waals surface area contributed by atoms with Gasteiger partial charge in [-0.05, 0) is 17.7 Å². The van der Waals surface area contributed by atoms with Crippen molar-refractivity contribution in [1.29, 1.82) is 0 Å². The van der Waals surface area contributed by atoms with Crippen molar-refractivity contribution in [2.75, 3.05) is 0 Å². The molecule has 0 fully saturated rings. The van der Waals surface area contributed by atoms with Crippen molar-refractivity contribution in [2.24, 2.45) is 0 Å². The van der Waals surface area contributed by atoms with E-state index >= 15 is 0 Å². The second-order valence-corrected chi connectivity index (χ2v) is 5.61. The summed E-state index contributed by atoms with van der Waals surface area (Å²) in [6.45, 7) is 0. The lowest BCUT2D eigenvalue weighted by molar-refractivity contribution is -0.0563. The highest BCUT2D eigenvalue weighted by Gasteiger charge is 2.49. The molecule has 1 atom stereocenters. The van der Waals surface area contributed by atoms with Crippen molar-refractivity contribution < 1.29 is 25.8 Å². The molecule has 0 aliphatic carbocycles. The lowest BCUT2D eigenvalue weighted by Crippen LogP contribution is -2.27. The molecule has 0 amide bonds. The van der Waals surface area contributed by atoms with E-state index < -0.39 is 21.7 Å². The molecule has 1 heterocycles. The molecule has 0 saturated heterocycles. The minimum absolute atomic E-state index is 0.0662. The zero-order valence-electron chi connectivity index (χ0n) is 10.5. The predicted octanol–water partition coefficient (Wildman–Crippen LogP) is 3.04. The molecule has 0 aliphatic heterocycles. The number of benzene rings is 1. The highest BCUT2D eigenvalue weighted by molar-refractivity contribution is 7.87. The maximum atomic E-state index is 12.5. The van der Waals surface area contributed by atoms with Gasteiger partial charge in [-0.3, -0.25) is 4.98 Å². The summed E-state index contributed by atoms with van der Waals surface area (Å²) < 4.78 is 64.3. The van der Waals surface area contributed by atoms with Gasteiger partial charge in [0.15, 0.2) is 0 Å². The minimum atomic E-state index is -5.73. The van der Waals surface area contributed by atoms with E-state index in [0.29, 0.717) is 0 Å². The lowest BCUT2D eigenvalue weighted by Gasteiger charge is -2.18. The van der Waals surface area contributed by atoms with E-state index in [1.165, 1.54) is 30.5 Å². The average Bonchev–Trinajstić information content (AvgIpc) is 2.45. The van der Waals surface area contributed by atoms with Gasteiger partial charge in [-0.1, -0.05) is 36.4 Å². The number of aromatic nitrogens is 1. The minimum Gasteiger partial charge on any atom is -0.258 e. The number of halogens is 3. The third kappa shape index (κ3) is 3.59. The lowest BCUT2D eigenvalue weighted by atomic mass is 10.1. The van der Waals surface area contributed by atoms with Gasteiger partial charge < -0.3 is 0 Å². The van der Waals surface area contributed by atoms with E-state index in [1.54, 1.807) is 24.3 Å². The zero-order valence-corrected chi connectivity index (χ0v) is 11.3. The maximum absolute atomic E-state index is 12.5. The summed E-state index contributed by atoms with van der Waals surface area (Å²) >= 11 is 0. The van der Waals surface area contributed by atoms with Gasteiger partial charge in [0.05, 0.1) is 5.69 Å². The van der Waals surface area contributed by atoms with E-state index in [-0.39, 0.29) is 11.3 Å². The van der Waals surface area contributed by atoms with E-state index in [9.17, 15) is 21.6 Å². The van der Waals surface area contributed by atoms with Crippen LogP contribution in [-0.2, 0) is 14.3 Å². The molecule has 8 heteroatoms. The molecular formula is C13H10F3NO3S. The molecule has 0 radical (unpaired) electrons. The Labute approximate surface area is 119 Å². The fourth-order valence-corrected chi connectivity index (χ4v) is 2.19. The maximum Gasteiger partial charge on any atom is 0.523 e. The topological polar surface area (TPSA) is 56.3 Å². The van der Waals surface area contributed by atoms with Crippen LogP contribution in [0.25, 0.3) is 0 Å². The molecule has 4 nitrogen and oxygen atoms in total. The van der Waals surface area contributed by atoms with Crippen LogP contribution < -0.4 is 0 Å². The molecule has 0 aliphatic rings. The Bertz CT molecular complexity index is 648. The van der Waals surface area contributed by atoms with Gasteiger partial charge in [0, 0.05) is 6.20 Å². The first-order valence-electron chi connectivity index (χ1n) is 5.77. The first-order valence-corrected chi connectivity index (χ1v) is 7.17. The Kier molecular flexibility index (Phi) is 4.29. The van der Waals surface area contributed by atoms with Crippen LogP contribution in [0, 0.1) is 0 Å². The van der Waals surface area contributed by atoms with Crippen LogP contribution in [0.4, 0.5) is 13.2 Å². The molecule has 0 N–H and O–H groups in total. The largest absolute Gasteiger partial charge is 0.523 e. The highest BCUT2D eigenvalue weighted by Crippen LogP contribution is 2.33. The first kappa shape index (κ1) is 15.5. The van der Waals surface area contributed by atoms with E-state index in [0.717, 1.165) is 0 Å². The summed E-state index contributed by atoms with van der Waals surface area (Å²) in [7, 11) is -5.73. The summed E-state index contributed by atoms with van der Waals surface area (Å²) in [6.07, 6.45) is -0.117. The Hall–Kier alpha value is -1.93. The molecule has 2 aromatic rings. The third-order valence-corrected chi connectivity index (χ3v) is 3.58. The monoisotopic (exact) mass is 317 g/mol. The van der Waals surface area contributed by atoms with Gasteiger partial charge in [-0.2, -0.15) is 21.6 Å². The van der Waals surface area contributed by atoms with Crippen LogP contribution in [0.15, 0.2) is 54.7 Å². The number of hydrogen-bond acceptors (Lipinski definition) is 4. The van der Waals surface area contributed by atoms with Crippen LogP contribution in [0.3, 0.4) is 0 Å². The summed E-state index contributed by atoms with van der Waals surface area (Å²) in [5.74, 6) is 0. The van der Waals surface area contributed by atoms with Crippen LogP contribution in [0.5, 0.6) is 0 Å². The molecule has 0 spiro atoms. The average molecular weight is 317 g/mol. The van der Waals surface area contributed by atoms with Crippen molar-refractivity contribution in [3.63, 3.8) is 0 Å². The van der Waals surface area contributed by atoms with E-state index in [2.05, 4.69) is 9.17 Å². The van der Waals surface area contributed by atoms with Gasteiger partial charge in [-0.15, -0.1) is 0 Å². The van der Waals surface area contributed by atoms with E-state index in [1.807, 2.05) is 0 Å². The number of hydrogen-bond donors (Lipinski definition) is 0. The van der Waals surface area contributed by atoms with Crippen LogP contribution in [0.1, 0.15) is 17.4 Å². The van der Waals surface area contributed by atoms with Gasteiger partial charge in [0.1, 0.15) is 6.10 Å². The molecule has 112 valence electrons. The van der Waals surface area contributed by atoms with Crippen LogP contribution in [0.2, 0.25) is 0 Å². The Morgan fingerprint density at radius 3 is 2.14 bits per heavy atom. The SMILES string of the molecule is O=S(=O)(OC(c1ccccc1)c1ccccn1)C(F)(F)F. The van der Waals surface area contributed by atoms with Gasteiger partial charge >= 0.3 is 15.6 Å². The Morgan fingerprint density at radius 1 is 1.00 bits per heavy atom. The molecule has 1 unspecified atom stereocenters. The van der Waals surface area contributed by atoms with Gasteiger partial charge in [0.2, 0.25) is 0 Å². The third-order valence-electron chi connectivity index (χ3n) is 2.57. The fourth-order valence-electron chi connectivity index (χ4n) is 1.62. The van der Waals surface area contributed by atoms with Crippen LogP contribution >= 0.6 is 0 Å². The number of rotatable bonds is 4. The zero-order chi connectivity index (χ0) is 15.5. The van der Waals surface area contributed by atoms with Crippen molar-refractivity contribution in [3.05, 3.63) is 66.0 Å². The van der Waals surface area contributed by atoms with E-state index in [4.69, 9.17) is 0 Å². The summed E-state index contributed by atoms with van der Waals surface area (Å²) in [5, 5.41) is 0. The molecular weight excluding hydrogens is 307 g/mol. The standard InChI is InChI=1S/C13H10F3NO3S/c14-13(15,16)21(18,19)20-12(10-6-2-1-3-7-10)11-8-4-5-9-17-11/h1-9,12H. The van der Waals surface area contributed by atoms with Crippen molar-refractivity contribution in [2.45, 2.75) is 11.6 Å². The Balaban J connectivity index is 2.44. The highest BCUT2D eigenvalue weighted by atomic mass is 32.2. The van der Waals surface area contributed by atoms with Crippen molar-refractivity contribution in [1.82, 2.24) is 4.98 Å². The summed E-state index contributed by atoms with van der Waals surface area (Å²) in [4.78, 5) is 3.86. The van der Waals surface area contributed by atoms with Gasteiger partial charge in [-0.25, -0.2) is 4.18 Å². The number of pyridine rings is 1. The Morgan fingerprint density at radius 2 is 1.62 bits per heavy atom. The normalized spacial score (nSPS) is 13.9. The number of alkyl halides is 3. The first-order chi connectivity index (χ1) is 9.81.